The minimum Gasteiger partial charge on any atom is -0.397 e. The van der Waals surface area contributed by atoms with Crippen LogP contribution in [0.2, 0.25) is 0 Å². The molecule has 0 radical (unpaired) electrons. The molecular weight excluding hydrogens is 174 g/mol. The molecule has 1 aromatic heterocycles. The Bertz CT molecular complexity index is 242. The Balaban J connectivity index is 2.99. The molecule has 0 saturated carbocycles. The number of hydrogen-bond acceptors (Lipinski definition) is 2. The zero-order valence-corrected chi connectivity index (χ0v) is 6.15. The Morgan fingerprint density at radius 3 is 2.45 bits per heavy atom. The van der Waals surface area contributed by atoms with Crippen LogP contribution in [-0.2, 0) is 5.38 Å². The molecule has 60 valence electrons. The average molecular weight is 179 g/mol. The fourth-order valence-corrected chi connectivity index (χ4v) is 0.685. The maximum Gasteiger partial charge on any atom is 0.364 e. The number of pyridine rings is 1. The molecule has 5 heteroatoms. The van der Waals surface area contributed by atoms with Crippen LogP contribution in [0.4, 0.5) is 14.5 Å². The zero-order chi connectivity index (χ0) is 8.48. The highest BCUT2D eigenvalue weighted by atomic mass is 35.5. The van der Waals surface area contributed by atoms with Crippen molar-refractivity contribution in [3.8, 4) is 0 Å². The number of halogens is 3. The largest absolute Gasteiger partial charge is 0.397 e. The number of rotatable bonds is 1. The van der Waals surface area contributed by atoms with Gasteiger partial charge in [0, 0.05) is 0 Å². The van der Waals surface area contributed by atoms with Gasteiger partial charge in [-0.15, -0.1) is 0 Å². The van der Waals surface area contributed by atoms with Crippen molar-refractivity contribution in [2.75, 3.05) is 5.73 Å². The van der Waals surface area contributed by atoms with Crippen LogP contribution in [0.25, 0.3) is 0 Å². The molecule has 1 rings (SSSR count). The molecule has 0 spiro atoms. The molecule has 0 unspecified atom stereocenters. The van der Waals surface area contributed by atoms with E-state index in [2.05, 4.69) is 16.6 Å². The van der Waals surface area contributed by atoms with Gasteiger partial charge in [-0.05, 0) is 23.7 Å². The van der Waals surface area contributed by atoms with Gasteiger partial charge >= 0.3 is 5.38 Å². The Kier molecular flexibility index (Phi) is 1.95. The summed E-state index contributed by atoms with van der Waals surface area (Å²) in [5.74, 6) is 0. The van der Waals surface area contributed by atoms with Gasteiger partial charge in [-0.3, -0.25) is 4.98 Å². The molecule has 0 atom stereocenters. The molecule has 0 amide bonds. The normalized spacial score (nSPS) is 11.5. The van der Waals surface area contributed by atoms with Crippen LogP contribution in [-0.4, -0.2) is 4.98 Å². The van der Waals surface area contributed by atoms with E-state index in [1.807, 2.05) is 0 Å². The summed E-state index contributed by atoms with van der Waals surface area (Å²) < 4.78 is 24.5. The first-order valence-corrected chi connectivity index (χ1v) is 3.16. The summed E-state index contributed by atoms with van der Waals surface area (Å²) >= 11 is 4.67. The van der Waals surface area contributed by atoms with Gasteiger partial charge in [-0.25, -0.2) is 0 Å². The van der Waals surface area contributed by atoms with E-state index in [1.54, 1.807) is 0 Å². The third kappa shape index (κ3) is 2.01. The predicted octanol–water partition coefficient (Wildman–Crippen LogP) is 1.95. The number of anilines is 1. The van der Waals surface area contributed by atoms with Crippen LogP contribution in [0.3, 0.4) is 0 Å². The Labute approximate surface area is 67.0 Å². The number of nitrogen functional groups attached to an aromatic ring is 1. The van der Waals surface area contributed by atoms with Crippen molar-refractivity contribution in [3.63, 3.8) is 0 Å². The number of nitrogens with zero attached hydrogens (tertiary/aromatic N) is 1. The highest BCUT2D eigenvalue weighted by molar-refractivity contribution is 6.21. The Morgan fingerprint density at radius 1 is 1.45 bits per heavy atom. The van der Waals surface area contributed by atoms with E-state index in [1.165, 1.54) is 6.07 Å². The summed E-state index contributed by atoms with van der Waals surface area (Å²) in [6.07, 6.45) is 1.13. The second-order valence-electron chi connectivity index (χ2n) is 1.97. The quantitative estimate of drug-likeness (QED) is 0.668. The van der Waals surface area contributed by atoms with Crippen molar-refractivity contribution in [2.24, 2.45) is 0 Å². The third-order valence-electron chi connectivity index (χ3n) is 1.08. The molecule has 1 aromatic rings. The molecule has 2 nitrogen and oxygen atoms in total. The van der Waals surface area contributed by atoms with E-state index < -0.39 is 11.1 Å². The van der Waals surface area contributed by atoms with E-state index >= 15 is 0 Å². The van der Waals surface area contributed by atoms with Crippen LogP contribution >= 0.6 is 11.6 Å². The summed E-state index contributed by atoms with van der Waals surface area (Å²) in [4.78, 5) is 3.34. The third-order valence-corrected chi connectivity index (χ3v) is 1.27. The number of hydrogen-bond donors (Lipinski definition) is 1. The van der Waals surface area contributed by atoms with Crippen molar-refractivity contribution >= 4 is 17.3 Å². The topological polar surface area (TPSA) is 38.9 Å². The molecule has 0 saturated heterocycles. The summed E-state index contributed by atoms with van der Waals surface area (Å²) in [6.45, 7) is 0. The predicted molar refractivity (Wildman–Crippen MR) is 38.4 cm³/mol. The van der Waals surface area contributed by atoms with Gasteiger partial charge in [0.1, 0.15) is 5.69 Å². The van der Waals surface area contributed by atoms with Crippen LogP contribution in [0.1, 0.15) is 5.69 Å². The molecule has 11 heavy (non-hydrogen) atoms. The molecule has 0 bridgehead atoms. The summed E-state index contributed by atoms with van der Waals surface area (Å²) in [6, 6.07) is 2.40. The zero-order valence-electron chi connectivity index (χ0n) is 5.39. The molecule has 2 N–H and O–H groups in total. The van der Waals surface area contributed by atoms with E-state index in [9.17, 15) is 8.78 Å². The van der Waals surface area contributed by atoms with E-state index in [4.69, 9.17) is 5.73 Å². The molecular formula is C6H5ClF2N2. The van der Waals surface area contributed by atoms with Gasteiger partial charge in [0.15, 0.2) is 0 Å². The smallest absolute Gasteiger partial charge is 0.364 e. The average Bonchev–Trinajstić information content (AvgIpc) is 1.86. The van der Waals surface area contributed by atoms with Gasteiger partial charge in [0.25, 0.3) is 0 Å². The van der Waals surface area contributed by atoms with Gasteiger partial charge in [0.05, 0.1) is 11.9 Å². The fourth-order valence-electron chi connectivity index (χ4n) is 0.573. The van der Waals surface area contributed by atoms with Crippen LogP contribution in [0.5, 0.6) is 0 Å². The van der Waals surface area contributed by atoms with Gasteiger partial charge in [0.2, 0.25) is 0 Å². The van der Waals surface area contributed by atoms with Crippen molar-refractivity contribution in [1.29, 1.82) is 0 Å². The monoisotopic (exact) mass is 178 g/mol. The lowest BCUT2D eigenvalue weighted by molar-refractivity contribution is 0.0900. The maximum absolute atomic E-state index is 12.2. The van der Waals surface area contributed by atoms with Gasteiger partial charge in [-0.1, -0.05) is 0 Å². The summed E-state index contributed by atoms with van der Waals surface area (Å²) in [5.41, 5.74) is 5.06. The Morgan fingerprint density at radius 2 is 2.09 bits per heavy atom. The lowest BCUT2D eigenvalue weighted by Gasteiger charge is -2.05. The highest BCUT2D eigenvalue weighted by Crippen LogP contribution is 2.30. The number of nitrogens with two attached hydrogens (primary N) is 1. The van der Waals surface area contributed by atoms with Gasteiger partial charge in [-0.2, -0.15) is 8.78 Å². The van der Waals surface area contributed by atoms with E-state index in [-0.39, 0.29) is 0 Å². The maximum atomic E-state index is 12.2. The SMILES string of the molecule is Nc1ccc(C(F)(F)Cl)nc1. The van der Waals surface area contributed by atoms with Crippen LogP contribution in [0, 0.1) is 0 Å². The standard InChI is InChI=1S/C6H5ClF2N2/c7-6(8,9)5-2-1-4(10)3-11-5/h1-3H,10H2. The summed E-state index contributed by atoms with van der Waals surface area (Å²) in [7, 11) is 0. The fraction of sp³-hybridized carbons (Fsp3) is 0.167. The molecule has 1 heterocycles. The first-order chi connectivity index (χ1) is 5.00. The Hall–Kier alpha value is -0.900. The van der Waals surface area contributed by atoms with Crippen LogP contribution in [0.15, 0.2) is 18.3 Å². The van der Waals surface area contributed by atoms with E-state index in [0.717, 1.165) is 12.3 Å². The molecule has 0 aliphatic heterocycles. The number of alkyl halides is 3. The minimum atomic E-state index is -3.41. The van der Waals surface area contributed by atoms with Crippen molar-refractivity contribution < 1.29 is 8.78 Å². The van der Waals surface area contributed by atoms with Crippen molar-refractivity contribution in [3.05, 3.63) is 24.0 Å². The van der Waals surface area contributed by atoms with Crippen molar-refractivity contribution in [2.45, 2.75) is 5.38 Å². The lowest BCUT2D eigenvalue weighted by atomic mass is 10.3. The van der Waals surface area contributed by atoms with Crippen molar-refractivity contribution in [1.82, 2.24) is 4.98 Å². The lowest BCUT2D eigenvalue weighted by Crippen LogP contribution is -2.05. The molecule has 0 aliphatic rings. The molecule has 0 fully saturated rings. The first-order valence-electron chi connectivity index (χ1n) is 2.79. The second kappa shape index (κ2) is 2.62. The molecule has 0 aromatic carbocycles. The minimum absolute atomic E-state index is 0.328. The second-order valence-corrected chi connectivity index (χ2v) is 2.45. The van der Waals surface area contributed by atoms with Gasteiger partial charge < -0.3 is 5.73 Å². The highest BCUT2D eigenvalue weighted by Gasteiger charge is 2.28. The first kappa shape index (κ1) is 8.20. The van der Waals surface area contributed by atoms with Crippen LogP contribution < -0.4 is 5.73 Å². The number of aromatic nitrogens is 1. The van der Waals surface area contributed by atoms with E-state index in [0.29, 0.717) is 5.69 Å². The molecule has 0 aliphatic carbocycles. The summed E-state index contributed by atoms with van der Waals surface area (Å²) in [5, 5.41) is -3.41.